The Morgan fingerprint density at radius 3 is 2.72 bits per heavy atom. The first-order valence-electron chi connectivity index (χ1n) is 5.59. The molecule has 0 unspecified atom stereocenters. The number of esters is 1. The normalized spacial score (nSPS) is 9.44. The van der Waals surface area contributed by atoms with Gasteiger partial charge in [0.1, 0.15) is 0 Å². The monoisotopic (exact) mass is 264 g/mol. The van der Waals surface area contributed by atoms with Crippen LogP contribution in [0.25, 0.3) is 0 Å². The molecule has 0 aromatic heterocycles. The predicted molar refractivity (Wildman–Crippen MR) is 73.2 cm³/mol. The lowest BCUT2D eigenvalue weighted by atomic mass is 10.1. The molecule has 0 atom stereocenters. The minimum atomic E-state index is -0.202. The van der Waals surface area contributed by atoms with Crippen molar-refractivity contribution in [3.8, 4) is 11.8 Å². The van der Waals surface area contributed by atoms with Gasteiger partial charge in [-0.3, -0.25) is 4.79 Å². The molecular formula is C14H16O3S. The van der Waals surface area contributed by atoms with E-state index in [1.165, 1.54) is 18.9 Å². The first-order chi connectivity index (χ1) is 8.76. The molecule has 96 valence electrons. The van der Waals surface area contributed by atoms with E-state index in [0.717, 1.165) is 16.9 Å². The maximum absolute atomic E-state index is 10.9. The van der Waals surface area contributed by atoms with E-state index in [1.807, 2.05) is 24.3 Å². The molecule has 1 aromatic carbocycles. The largest absolute Gasteiger partial charge is 0.468 e. The van der Waals surface area contributed by atoms with Gasteiger partial charge in [0.2, 0.25) is 0 Å². The molecule has 1 rings (SSSR count). The lowest BCUT2D eigenvalue weighted by Crippen LogP contribution is -2.03. The molecular weight excluding hydrogens is 248 g/mol. The minimum Gasteiger partial charge on any atom is -0.468 e. The number of ether oxygens (including phenoxy) is 1. The van der Waals surface area contributed by atoms with Crippen LogP contribution in [0.1, 0.15) is 17.5 Å². The van der Waals surface area contributed by atoms with Gasteiger partial charge in [-0.1, -0.05) is 24.0 Å². The summed E-state index contributed by atoms with van der Waals surface area (Å²) in [6.07, 6.45) is 0.497. The topological polar surface area (TPSA) is 46.5 Å². The third-order valence-electron chi connectivity index (χ3n) is 2.14. The van der Waals surface area contributed by atoms with Crippen LogP contribution in [0.2, 0.25) is 0 Å². The number of hydrogen-bond donors (Lipinski definition) is 1. The molecule has 0 saturated heterocycles. The molecule has 0 spiro atoms. The quantitative estimate of drug-likeness (QED) is 0.651. The molecule has 3 nitrogen and oxygen atoms in total. The van der Waals surface area contributed by atoms with Crippen LogP contribution in [0.15, 0.2) is 24.3 Å². The number of aliphatic hydroxyl groups is 1. The molecule has 4 heteroatoms. The lowest BCUT2D eigenvalue weighted by molar-refractivity contribution is -0.137. The van der Waals surface area contributed by atoms with E-state index >= 15 is 0 Å². The van der Waals surface area contributed by atoms with Gasteiger partial charge in [-0.15, -0.1) is 11.8 Å². The fraction of sp³-hybridized carbons (Fsp3) is 0.357. The van der Waals surface area contributed by atoms with Crippen LogP contribution in [0.4, 0.5) is 0 Å². The molecule has 0 amide bonds. The number of carbonyl (C=O) groups is 1. The van der Waals surface area contributed by atoms with Gasteiger partial charge in [0, 0.05) is 17.7 Å². The van der Waals surface area contributed by atoms with Crippen LogP contribution < -0.4 is 0 Å². The summed E-state index contributed by atoms with van der Waals surface area (Å²) in [5.74, 6) is 6.78. The van der Waals surface area contributed by atoms with Crippen molar-refractivity contribution in [2.75, 3.05) is 19.5 Å². The predicted octanol–water partition coefficient (Wildman–Crippen LogP) is 1.83. The Labute approximate surface area is 112 Å². The minimum absolute atomic E-state index is 0.0925. The van der Waals surface area contributed by atoms with Crippen molar-refractivity contribution in [1.82, 2.24) is 0 Å². The molecule has 18 heavy (non-hydrogen) atoms. The molecule has 1 N–H and O–H groups in total. The zero-order chi connectivity index (χ0) is 13.2. The van der Waals surface area contributed by atoms with Gasteiger partial charge < -0.3 is 9.84 Å². The molecule has 0 aliphatic carbocycles. The number of thioether (sulfide) groups is 1. The van der Waals surface area contributed by atoms with Crippen LogP contribution in [0.5, 0.6) is 0 Å². The van der Waals surface area contributed by atoms with E-state index < -0.39 is 0 Å². The highest BCUT2D eigenvalue weighted by molar-refractivity contribution is 7.99. The van der Waals surface area contributed by atoms with Crippen molar-refractivity contribution in [3.63, 3.8) is 0 Å². The zero-order valence-corrected chi connectivity index (χ0v) is 11.1. The fourth-order valence-corrected chi connectivity index (χ4v) is 2.03. The third kappa shape index (κ3) is 5.76. The van der Waals surface area contributed by atoms with Crippen molar-refractivity contribution in [1.29, 1.82) is 0 Å². The Morgan fingerprint density at radius 2 is 2.11 bits per heavy atom. The number of benzene rings is 1. The summed E-state index contributed by atoms with van der Waals surface area (Å²) >= 11 is 1.52. The number of carbonyl (C=O) groups excluding carboxylic acids is 1. The van der Waals surface area contributed by atoms with Crippen molar-refractivity contribution < 1.29 is 14.6 Å². The highest BCUT2D eigenvalue weighted by Crippen LogP contribution is 2.13. The number of hydrogen-bond acceptors (Lipinski definition) is 4. The van der Waals surface area contributed by atoms with Gasteiger partial charge in [-0.05, 0) is 17.7 Å². The standard InChI is InChI=1S/C14H16O3S/c1-17-14(16)11-18-10-13-7-5-12(6-8-13)4-2-3-9-15/h5-8,15H,3,9-11H2,1H3. The second-order valence-electron chi connectivity index (χ2n) is 3.54. The van der Waals surface area contributed by atoms with E-state index in [1.54, 1.807) is 0 Å². The van der Waals surface area contributed by atoms with E-state index in [4.69, 9.17) is 5.11 Å². The van der Waals surface area contributed by atoms with Crippen LogP contribution >= 0.6 is 11.8 Å². The Kier molecular flexibility index (Phi) is 7.00. The Balaban J connectivity index is 2.41. The Hall–Kier alpha value is -1.44. The zero-order valence-electron chi connectivity index (χ0n) is 10.3. The smallest absolute Gasteiger partial charge is 0.315 e. The Bertz CT molecular complexity index is 429. The molecule has 0 fully saturated rings. The van der Waals surface area contributed by atoms with Crippen molar-refractivity contribution >= 4 is 17.7 Å². The molecule has 0 heterocycles. The first kappa shape index (κ1) is 14.6. The van der Waals surface area contributed by atoms with Crippen molar-refractivity contribution in [2.24, 2.45) is 0 Å². The summed E-state index contributed by atoms with van der Waals surface area (Å²) in [4.78, 5) is 10.9. The third-order valence-corrected chi connectivity index (χ3v) is 3.12. The fourth-order valence-electron chi connectivity index (χ4n) is 1.22. The molecule has 0 aliphatic rings. The first-order valence-corrected chi connectivity index (χ1v) is 6.75. The average molecular weight is 264 g/mol. The van der Waals surface area contributed by atoms with Gasteiger partial charge in [0.25, 0.3) is 0 Å². The van der Waals surface area contributed by atoms with Gasteiger partial charge >= 0.3 is 5.97 Å². The molecule has 1 aromatic rings. The summed E-state index contributed by atoms with van der Waals surface area (Å²) in [5, 5.41) is 8.61. The summed E-state index contributed by atoms with van der Waals surface area (Å²) in [7, 11) is 1.39. The van der Waals surface area contributed by atoms with E-state index in [9.17, 15) is 4.79 Å². The lowest BCUT2D eigenvalue weighted by Gasteiger charge is -2.01. The molecule has 0 radical (unpaired) electrons. The SMILES string of the molecule is COC(=O)CSCc1ccc(C#CCCO)cc1. The van der Waals surface area contributed by atoms with Gasteiger partial charge in [-0.25, -0.2) is 0 Å². The summed E-state index contributed by atoms with van der Waals surface area (Å²) < 4.78 is 4.56. The van der Waals surface area contributed by atoms with Gasteiger partial charge in [0.15, 0.2) is 0 Å². The van der Waals surface area contributed by atoms with E-state index in [-0.39, 0.29) is 12.6 Å². The van der Waals surface area contributed by atoms with Crippen molar-refractivity contribution in [3.05, 3.63) is 35.4 Å². The van der Waals surface area contributed by atoms with Crippen LogP contribution in [-0.4, -0.2) is 30.5 Å². The number of rotatable bonds is 5. The van der Waals surface area contributed by atoms with Gasteiger partial charge in [-0.2, -0.15) is 0 Å². The number of methoxy groups -OCH3 is 1. The second-order valence-corrected chi connectivity index (χ2v) is 4.53. The van der Waals surface area contributed by atoms with Crippen LogP contribution in [-0.2, 0) is 15.3 Å². The molecule has 0 bridgehead atoms. The summed E-state index contributed by atoms with van der Waals surface area (Å²) in [6.45, 7) is 0.0925. The maximum Gasteiger partial charge on any atom is 0.315 e. The van der Waals surface area contributed by atoms with Gasteiger partial charge in [0.05, 0.1) is 19.5 Å². The Morgan fingerprint density at radius 1 is 1.39 bits per heavy atom. The summed E-state index contributed by atoms with van der Waals surface area (Å²) in [5.41, 5.74) is 2.08. The summed E-state index contributed by atoms with van der Waals surface area (Å²) in [6, 6.07) is 7.87. The maximum atomic E-state index is 10.9. The highest BCUT2D eigenvalue weighted by Gasteiger charge is 2.00. The second kappa shape index (κ2) is 8.62. The molecule has 0 saturated carbocycles. The number of aliphatic hydroxyl groups excluding tert-OH is 1. The van der Waals surface area contributed by atoms with Crippen LogP contribution in [0, 0.1) is 11.8 Å². The van der Waals surface area contributed by atoms with Crippen LogP contribution in [0.3, 0.4) is 0 Å². The van der Waals surface area contributed by atoms with E-state index in [0.29, 0.717) is 12.2 Å². The molecule has 0 aliphatic heterocycles. The van der Waals surface area contributed by atoms with E-state index in [2.05, 4.69) is 16.6 Å². The van der Waals surface area contributed by atoms with Crippen molar-refractivity contribution in [2.45, 2.75) is 12.2 Å². The highest BCUT2D eigenvalue weighted by atomic mass is 32.2. The average Bonchev–Trinajstić information content (AvgIpc) is 2.40.